The lowest BCUT2D eigenvalue weighted by Crippen LogP contribution is -2.29. The molecule has 0 saturated carbocycles. The third kappa shape index (κ3) is 6.26. The van der Waals surface area contributed by atoms with Crippen molar-refractivity contribution in [1.29, 1.82) is 0 Å². The molecule has 2 aromatic heterocycles. The molecule has 0 unspecified atom stereocenters. The highest BCUT2D eigenvalue weighted by molar-refractivity contribution is 7.99. The molecule has 1 N–H and O–H groups in total. The second-order valence-electron chi connectivity index (χ2n) is 7.57. The van der Waals surface area contributed by atoms with E-state index >= 15 is 0 Å². The molecule has 0 aliphatic rings. The predicted molar refractivity (Wildman–Crippen MR) is 118 cm³/mol. The third-order valence-corrected chi connectivity index (χ3v) is 6.25. The van der Waals surface area contributed by atoms with Gasteiger partial charge in [-0.2, -0.15) is 0 Å². The molecule has 158 valence electrons. The number of nitrogens with one attached hydrogen (secondary N) is 1. The van der Waals surface area contributed by atoms with E-state index in [1.54, 1.807) is 18.8 Å². The van der Waals surface area contributed by atoms with E-state index in [9.17, 15) is 9.59 Å². The number of fused-ring (bicyclic) bond motifs is 1. The largest absolute Gasteiger partial charge is 0.329 e. The smallest absolute Gasteiger partial charge is 0.313 e. The molecule has 0 spiro atoms. The lowest BCUT2D eigenvalue weighted by molar-refractivity contribution is 0.551. The first-order valence-corrected chi connectivity index (χ1v) is 11.9. The Hall–Kier alpha value is -1.50. The molecule has 0 saturated heterocycles. The predicted octanol–water partition coefficient (Wildman–Crippen LogP) is 4.85. The molecule has 0 atom stereocenters. The maximum Gasteiger partial charge on any atom is 0.329 e. The van der Waals surface area contributed by atoms with E-state index < -0.39 is 5.69 Å². The Morgan fingerprint density at radius 3 is 2.18 bits per heavy atom. The Balaban J connectivity index is 2.10. The van der Waals surface area contributed by atoms with Gasteiger partial charge in [-0.05, 0) is 12.8 Å². The maximum absolute atomic E-state index is 12.5. The SMILES string of the molecule is CCCCCCCCSc1nc2c(c(=O)[nH]c(=O)n2C)n1CCCCCCC. The fraction of sp³-hybridized carbons (Fsp3) is 0.762. The number of aromatic nitrogens is 4. The molecule has 0 fully saturated rings. The van der Waals surface area contributed by atoms with Crippen molar-refractivity contribution in [1.82, 2.24) is 19.1 Å². The van der Waals surface area contributed by atoms with Crippen LogP contribution in [0.25, 0.3) is 11.2 Å². The van der Waals surface area contributed by atoms with Crippen molar-refractivity contribution in [2.75, 3.05) is 5.75 Å². The second-order valence-corrected chi connectivity index (χ2v) is 8.63. The summed E-state index contributed by atoms with van der Waals surface area (Å²) in [5.41, 5.74) is 0.291. The Morgan fingerprint density at radius 1 is 0.893 bits per heavy atom. The van der Waals surface area contributed by atoms with Crippen LogP contribution in [0.3, 0.4) is 0 Å². The molecule has 2 aromatic rings. The average Bonchev–Trinajstić information content (AvgIpc) is 3.04. The molecule has 28 heavy (non-hydrogen) atoms. The summed E-state index contributed by atoms with van der Waals surface area (Å²) >= 11 is 1.71. The molecule has 2 heterocycles. The first-order chi connectivity index (χ1) is 13.6. The van der Waals surface area contributed by atoms with Gasteiger partial charge in [0.15, 0.2) is 16.3 Å². The van der Waals surface area contributed by atoms with E-state index in [1.807, 2.05) is 4.57 Å². The molecular formula is C21H36N4O2S. The summed E-state index contributed by atoms with van der Waals surface area (Å²) in [5, 5.41) is 0.866. The summed E-state index contributed by atoms with van der Waals surface area (Å²) in [6.45, 7) is 5.22. The number of aryl methyl sites for hydroxylation is 2. The number of rotatable bonds is 14. The molecular weight excluding hydrogens is 372 g/mol. The normalized spacial score (nSPS) is 11.5. The number of H-pyrrole nitrogens is 1. The highest BCUT2D eigenvalue weighted by atomic mass is 32.2. The van der Waals surface area contributed by atoms with Gasteiger partial charge in [-0.3, -0.25) is 14.3 Å². The second kappa shape index (κ2) is 12.1. The fourth-order valence-electron chi connectivity index (χ4n) is 3.45. The van der Waals surface area contributed by atoms with Crippen LogP contribution in [-0.2, 0) is 13.6 Å². The van der Waals surface area contributed by atoms with Crippen molar-refractivity contribution in [3.63, 3.8) is 0 Å². The lowest BCUT2D eigenvalue weighted by atomic mass is 10.1. The Morgan fingerprint density at radius 2 is 1.50 bits per heavy atom. The minimum Gasteiger partial charge on any atom is -0.313 e. The van der Waals surface area contributed by atoms with Crippen LogP contribution in [0.15, 0.2) is 14.7 Å². The van der Waals surface area contributed by atoms with E-state index in [0.29, 0.717) is 11.2 Å². The number of thioether (sulfide) groups is 1. The zero-order chi connectivity index (χ0) is 20.4. The number of aromatic amines is 1. The number of hydrogen-bond donors (Lipinski definition) is 1. The summed E-state index contributed by atoms with van der Waals surface area (Å²) in [6.07, 6.45) is 13.4. The van der Waals surface area contributed by atoms with Crippen molar-refractivity contribution in [3.8, 4) is 0 Å². The molecule has 0 radical (unpaired) electrons. The fourth-order valence-corrected chi connectivity index (χ4v) is 4.47. The van der Waals surface area contributed by atoms with Gasteiger partial charge in [-0.15, -0.1) is 0 Å². The van der Waals surface area contributed by atoms with Crippen LogP contribution in [0.1, 0.15) is 84.5 Å². The zero-order valence-corrected chi connectivity index (χ0v) is 18.6. The zero-order valence-electron chi connectivity index (χ0n) is 17.8. The van der Waals surface area contributed by atoms with Gasteiger partial charge >= 0.3 is 5.69 Å². The number of nitrogens with zero attached hydrogens (tertiary/aromatic N) is 3. The topological polar surface area (TPSA) is 72.7 Å². The van der Waals surface area contributed by atoms with Gasteiger partial charge in [0.05, 0.1) is 0 Å². The lowest BCUT2D eigenvalue weighted by Gasteiger charge is -2.08. The van der Waals surface area contributed by atoms with Crippen molar-refractivity contribution in [2.24, 2.45) is 7.05 Å². The molecule has 2 rings (SSSR count). The molecule has 0 aliphatic heterocycles. The molecule has 7 heteroatoms. The van der Waals surface area contributed by atoms with Crippen LogP contribution in [0.5, 0.6) is 0 Å². The van der Waals surface area contributed by atoms with Crippen molar-refractivity contribution >= 4 is 22.9 Å². The van der Waals surface area contributed by atoms with E-state index in [-0.39, 0.29) is 5.56 Å². The van der Waals surface area contributed by atoms with Gasteiger partial charge in [-0.25, -0.2) is 9.78 Å². The quantitative estimate of drug-likeness (QED) is 0.358. The average molecular weight is 409 g/mol. The summed E-state index contributed by atoms with van der Waals surface area (Å²) < 4.78 is 3.47. The highest BCUT2D eigenvalue weighted by Gasteiger charge is 2.17. The van der Waals surface area contributed by atoms with Crippen LogP contribution in [0, 0.1) is 0 Å². The summed E-state index contributed by atoms with van der Waals surface area (Å²) in [4.78, 5) is 31.5. The van der Waals surface area contributed by atoms with E-state index in [2.05, 4.69) is 23.8 Å². The Labute approximate surface area is 172 Å². The van der Waals surface area contributed by atoms with Gasteiger partial charge in [0, 0.05) is 19.3 Å². The Kier molecular flexibility index (Phi) is 9.88. The Bertz CT molecular complexity index is 837. The number of hydrogen-bond acceptors (Lipinski definition) is 4. The van der Waals surface area contributed by atoms with Gasteiger partial charge in [0.2, 0.25) is 0 Å². The van der Waals surface area contributed by atoms with Crippen LogP contribution in [0.2, 0.25) is 0 Å². The summed E-state index contributed by atoms with van der Waals surface area (Å²) in [5.74, 6) is 0.997. The maximum atomic E-state index is 12.5. The van der Waals surface area contributed by atoms with E-state index in [4.69, 9.17) is 0 Å². The van der Waals surface area contributed by atoms with E-state index in [0.717, 1.165) is 36.7 Å². The minimum atomic E-state index is -0.405. The van der Waals surface area contributed by atoms with Crippen molar-refractivity contribution < 1.29 is 0 Å². The molecule has 0 bridgehead atoms. The number of imidazole rings is 1. The first-order valence-electron chi connectivity index (χ1n) is 10.9. The summed E-state index contributed by atoms with van der Waals surface area (Å²) in [7, 11) is 1.67. The van der Waals surface area contributed by atoms with Crippen LogP contribution >= 0.6 is 11.8 Å². The highest BCUT2D eigenvalue weighted by Crippen LogP contribution is 2.24. The van der Waals surface area contributed by atoms with Gasteiger partial charge in [0.25, 0.3) is 5.56 Å². The molecule has 0 aromatic carbocycles. The monoisotopic (exact) mass is 408 g/mol. The first kappa shape index (κ1) is 22.8. The number of unbranched alkanes of at least 4 members (excludes halogenated alkanes) is 9. The van der Waals surface area contributed by atoms with Crippen LogP contribution in [-0.4, -0.2) is 24.9 Å². The van der Waals surface area contributed by atoms with Gasteiger partial charge in [0.1, 0.15) is 0 Å². The van der Waals surface area contributed by atoms with Gasteiger partial charge < -0.3 is 4.57 Å². The van der Waals surface area contributed by atoms with Gasteiger partial charge in [-0.1, -0.05) is 83.4 Å². The van der Waals surface area contributed by atoms with Crippen LogP contribution < -0.4 is 11.2 Å². The minimum absolute atomic E-state index is 0.328. The summed E-state index contributed by atoms with van der Waals surface area (Å²) in [6, 6.07) is 0. The standard InChI is InChI=1S/C21H36N4O2S/c1-4-6-8-10-12-14-16-28-21-22-18-17(19(26)23-20(27)24(18)3)25(21)15-13-11-9-7-5-2/h4-16H2,1-3H3,(H,23,26,27). The molecule has 0 amide bonds. The molecule has 6 nitrogen and oxygen atoms in total. The molecule has 0 aliphatic carbocycles. The van der Waals surface area contributed by atoms with E-state index in [1.165, 1.54) is 55.9 Å². The van der Waals surface area contributed by atoms with Crippen molar-refractivity contribution in [3.05, 3.63) is 20.8 Å². The van der Waals surface area contributed by atoms with Crippen LogP contribution in [0.4, 0.5) is 0 Å². The van der Waals surface area contributed by atoms with Crippen molar-refractivity contribution in [2.45, 2.75) is 96.2 Å². The third-order valence-electron chi connectivity index (χ3n) is 5.19.